The van der Waals surface area contributed by atoms with Gasteiger partial charge in [0.2, 0.25) is 0 Å². The molecule has 0 amide bonds. The van der Waals surface area contributed by atoms with Crippen molar-refractivity contribution in [2.45, 2.75) is 19.8 Å². The number of para-hydroxylation sites is 1. The van der Waals surface area contributed by atoms with E-state index in [-0.39, 0.29) is 5.78 Å². The second-order valence-corrected chi connectivity index (χ2v) is 5.11. The van der Waals surface area contributed by atoms with E-state index >= 15 is 0 Å². The van der Waals surface area contributed by atoms with E-state index in [4.69, 9.17) is 4.74 Å². The molecule has 1 aromatic rings. The van der Waals surface area contributed by atoms with E-state index in [1.165, 1.54) is 12.8 Å². The molecular formula is C15H21NO2. The molecule has 98 valence electrons. The molecule has 1 aliphatic rings. The van der Waals surface area contributed by atoms with Crippen molar-refractivity contribution in [3.05, 3.63) is 29.8 Å². The van der Waals surface area contributed by atoms with Crippen molar-refractivity contribution in [1.29, 1.82) is 0 Å². The lowest BCUT2D eigenvalue weighted by Crippen LogP contribution is -2.38. The Labute approximate surface area is 109 Å². The third-order valence-electron chi connectivity index (χ3n) is 3.52. The number of benzene rings is 1. The van der Waals surface area contributed by atoms with Crippen LogP contribution in [-0.2, 0) is 0 Å². The summed E-state index contributed by atoms with van der Waals surface area (Å²) in [7, 11) is 1.61. The molecule has 1 saturated heterocycles. The van der Waals surface area contributed by atoms with Gasteiger partial charge >= 0.3 is 0 Å². The second-order valence-electron chi connectivity index (χ2n) is 5.11. The van der Waals surface area contributed by atoms with Crippen molar-refractivity contribution >= 4 is 5.78 Å². The van der Waals surface area contributed by atoms with Crippen LogP contribution in [0.5, 0.6) is 5.75 Å². The van der Waals surface area contributed by atoms with Crippen molar-refractivity contribution in [3.8, 4) is 5.75 Å². The molecule has 2 rings (SSSR count). The van der Waals surface area contributed by atoms with E-state index in [0.717, 1.165) is 13.1 Å². The van der Waals surface area contributed by atoms with Crippen LogP contribution in [0.15, 0.2) is 24.3 Å². The highest BCUT2D eigenvalue weighted by molar-refractivity contribution is 6.00. The van der Waals surface area contributed by atoms with E-state index < -0.39 is 0 Å². The summed E-state index contributed by atoms with van der Waals surface area (Å²) in [6, 6.07) is 7.45. The third-order valence-corrected chi connectivity index (χ3v) is 3.52. The van der Waals surface area contributed by atoms with Crippen LogP contribution in [0.1, 0.15) is 30.1 Å². The Hall–Kier alpha value is -1.35. The number of ketones is 1. The number of rotatable bonds is 4. The fraction of sp³-hybridized carbons (Fsp3) is 0.533. The Balaban J connectivity index is 2.03. The monoisotopic (exact) mass is 247 g/mol. The maximum absolute atomic E-state index is 12.3. The first kappa shape index (κ1) is 13.1. The van der Waals surface area contributed by atoms with E-state index in [0.29, 0.717) is 23.8 Å². The minimum absolute atomic E-state index is 0.154. The minimum atomic E-state index is 0.154. The Morgan fingerprint density at radius 3 is 2.94 bits per heavy atom. The van der Waals surface area contributed by atoms with Crippen molar-refractivity contribution in [2.24, 2.45) is 5.92 Å². The van der Waals surface area contributed by atoms with Gasteiger partial charge in [0.05, 0.1) is 19.2 Å². The van der Waals surface area contributed by atoms with Gasteiger partial charge in [0.25, 0.3) is 0 Å². The number of Topliss-reactive ketones (excluding diaryl/α,β-unsaturated/α-hetero) is 1. The number of likely N-dealkylation sites (tertiary alicyclic amines) is 1. The minimum Gasteiger partial charge on any atom is -0.496 e. The molecule has 0 radical (unpaired) electrons. The van der Waals surface area contributed by atoms with Crippen LogP contribution < -0.4 is 4.74 Å². The van der Waals surface area contributed by atoms with Gasteiger partial charge in [0, 0.05) is 6.54 Å². The number of ether oxygens (including phenoxy) is 1. The van der Waals surface area contributed by atoms with Crippen LogP contribution >= 0.6 is 0 Å². The molecule has 0 aliphatic carbocycles. The van der Waals surface area contributed by atoms with E-state index in [1.807, 2.05) is 24.3 Å². The molecule has 18 heavy (non-hydrogen) atoms. The summed E-state index contributed by atoms with van der Waals surface area (Å²) < 4.78 is 5.24. The zero-order chi connectivity index (χ0) is 13.0. The summed E-state index contributed by atoms with van der Waals surface area (Å²) >= 11 is 0. The zero-order valence-corrected chi connectivity index (χ0v) is 11.2. The first-order valence-corrected chi connectivity index (χ1v) is 6.59. The molecule has 1 aliphatic heterocycles. The van der Waals surface area contributed by atoms with Gasteiger partial charge < -0.3 is 4.74 Å². The molecule has 1 aromatic carbocycles. The molecule has 0 saturated carbocycles. The van der Waals surface area contributed by atoms with Crippen LogP contribution in [0, 0.1) is 5.92 Å². The summed E-state index contributed by atoms with van der Waals surface area (Å²) in [5, 5.41) is 0. The van der Waals surface area contributed by atoms with Crippen molar-refractivity contribution in [1.82, 2.24) is 4.90 Å². The van der Waals surface area contributed by atoms with Gasteiger partial charge in [-0.15, -0.1) is 0 Å². The zero-order valence-electron chi connectivity index (χ0n) is 11.2. The van der Waals surface area contributed by atoms with E-state index in [9.17, 15) is 4.79 Å². The third kappa shape index (κ3) is 3.10. The molecule has 0 bridgehead atoms. The van der Waals surface area contributed by atoms with Crippen molar-refractivity contribution in [3.63, 3.8) is 0 Å². The Morgan fingerprint density at radius 1 is 1.44 bits per heavy atom. The SMILES string of the molecule is COc1ccccc1C(=O)CN1CCCC(C)C1. The number of nitrogens with zero attached hydrogens (tertiary/aromatic N) is 1. The summed E-state index contributed by atoms with van der Waals surface area (Å²) in [6.07, 6.45) is 2.47. The van der Waals surface area contributed by atoms with E-state index in [1.54, 1.807) is 7.11 Å². The molecule has 0 aromatic heterocycles. The lowest BCUT2D eigenvalue weighted by Gasteiger charge is -2.30. The predicted octanol–water partition coefficient (Wildman–Crippen LogP) is 2.61. The first-order valence-electron chi connectivity index (χ1n) is 6.59. The van der Waals surface area contributed by atoms with Gasteiger partial charge in [0.1, 0.15) is 5.75 Å². The largest absolute Gasteiger partial charge is 0.496 e. The van der Waals surface area contributed by atoms with Crippen LogP contribution in [0.2, 0.25) is 0 Å². The average molecular weight is 247 g/mol. The van der Waals surface area contributed by atoms with E-state index in [2.05, 4.69) is 11.8 Å². The van der Waals surface area contributed by atoms with Gasteiger partial charge in [-0.05, 0) is 37.4 Å². The maximum Gasteiger partial charge on any atom is 0.180 e. The molecule has 0 spiro atoms. The summed E-state index contributed by atoms with van der Waals surface area (Å²) in [5.74, 6) is 1.53. The molecule has 1 heterocycles. The smallest absolute Gasteiger partial charge is 0.180 e. The summed E-state index contributed by atoms with van der Waals surface area (Å²) in [6.45, 7) is 4.82. The predicted molar refractivity (Wildman–Crippen MR) is 72.2 cm³/mol. The molecule has 3 nitrogen and oxygen atoms in total. The first-order chi connectivity index (χ1) is 8.70. The molecule has 1 unspecified atom stereocenters. The van der Waals surface area contributed by atoms with Crippen LogP contribution in [-0.4, -0.2) is 37.4 Å². The van der Waals surface area contributed by atoms with Gasteiger partial charge in [-0.2, -0.15) is 0 Å². The summed E-state index contributed by atoms with van der Waals surface area (Å²) in [5.41, 5.74) is 0.693. The Bertz CT molecular complexity index is 417. The highest BCUT2D eigenvalue weighted by Gasteiger charge is 2.20. The molecule has 1 atom stereocenters. The normalized spacial score (nSPS) is 20.7. The van der Waals surface area contributed by atoms with Gasteiger partial charge in [-0.1, -0.05) is 19.1 Å². The average Bonchev–Trinajstić information content (AvgIpc) is 2.38. The maximum atomic E-state index is 12.3. The van der Waals surface area contributed by atoms with Crippen LogP contribution in [0.25, 0.3) is 0 Å². The molecule has 0 N–H and O–H groups in total. The number of hydrogen-bond acceptors (Lipinski definition) is 3. The van der Waals surface area contributed by atoms with Gasteiger partial charge in [-0.25, -0.2) is 0 Å². The molecular weight excluding hydrogens is 226 g/mol. The van der Waals surface area contributed by atoms with Gasteiger partial charge in [-0.3, -0.25) is 9.69 Å². The second kappa shape index (κ2) is 6.01. The highest BCUT2D eigenvalue weighted by atomic mass is 16.5. The quantitative estimate of drug-likeness (QED) is 0.766. The lowest BCUT2D eigenvalue weighted by atomic mass is 9.99. The topological polar surface area (TPSA) is 29.5 Å². The number of hydrogen-bond donors (Lipinski definition) is 0. The standard InChI is InChI=1S/C15H21NO2/c1-12-6-5-9-16(10-12)11-14(17)13-7-3-4-8-15(13)18-2/h3-4,7-8,12H,5-6,9-11H2,1-2H3. The number of methoxy groups -OCH3 is 1. The number of carbonyl (C=O) groups excluding carboxylic acids is 1. The van der Waals surface area contributed by atoms with Crippen LogP contribution in [0.4, 0.5) is 0 Å². The molecule has 1 fully saturated rings. The fourth-order valence-corrected chi connectivity index (χ4v) is 2.59. The molecule has 3 heteroatoms. The lowest BCUT2D eigenvalue weighted by molar-refractivity contribution is 0.0890. The number of piperidine rings is 1. The van der Waals surface area contributed by atoms with Gasteiger partial charge in [0.15, 0.2) is 5.78 Å². The van der Waals surface area contributed by atoms with Crippen molar-refractivity contribution in [2.75, 3.05) is 26.7 Å². The number of carbonyl (C=O) groups is 1. The summed E-state index contributed by atoms with van der Waals surface area (Å²) in [4.78, 5) is 14.5. The van der Waals surface area contributed by atoms with Crippen LogP contribution in [0.3, 0.4) is 0 Å². The Kier molecular flexibility index (Phi) is 4.37. The van der Waals surface area contributed by atoms with Crippen molar-refractivity contribution < 1.29 is 9.53 Å². The highest BCUT2D eigenvalue weighted by Crippen LogP contribution is 2.20. The fourth-order valence-electron chi connectivity index (χ4n) is 2.59. The Morgan fingerprint density at radius 2 is 2.22 bits per heavy atom.